The highest BCUT2D eigenvalue weighted by Gasteiger charge is 2.23. The summed E-state index contributed by atoms with van der Waals surface area (Å²) in [5.74, 6) is 0.619. The van der Waals surface area contributed by atoms with Gasteiger partial charge in [-0.25, -0.2) is 8.42 Å². The summed E-state index contributed by atoms with van der Waals surface area (Å²) in [6.07, 6.45) is 0. The molecular formula is C25H28Cl2N6O4S2. The molecule has 5 rings (SSSR count). The molecule has 0 spiro atoms. The van der Waals surface area contributed by atoms with Crippen LogP contribution in [-0.4, -0.2) is 56.9 Å². The van der Waals surface area contributed by atoms with Crippen molar-refractivity contribution in [3.05, 3.63) is 70.1 Å². The van der Waals surface area contributed by atoms with Gasteiger partial charge in [0.1, 0.15) is 9.96 Å². The lowest BCUT2D eigenvalue weighted by molar-refractivity contribution is -0.123. The number of benzene rings is 2. The smallest absolute Gasteiger partial charge is 0.272 e. The van der Waals surface area contributed by atoms with E-state index >= 15 is 0 Å². The molecule has 1 amide bonds. The van der Waals surface area contributed by atoms with Crippen LogP contribution in [-0.2, 0) is 27.9 Å². The van der Waals surface area contributed by atoms with Crippen molar-refractivity contribution < 1.29 is 17.9 Å². The molecule has 0 aliphatic carbocycles. The van der Waals surface area contributed by atoms with Gasteiger partial charge in [0.15, 0.2) is 5.82 Å². The third-order valence-electron chi connectivity index (χ3n) is 6.15. The average Bonchev–Trinajstić information content (AvgIpc) is 3.52. The van der Waals surface area contributed by atoms with E-state index in [2.05, 4.69) is 25.8 Å². The van der Waals surface area contributed by atoms with Gasteiger partial charge in [0.2, 0.25) is 5.91 Å². The topological polar surface area (TPSA) is 126 Å². The number of nitrogens with one attached hydrogen (secondary N) is 4. The first-order valence-corrected chi connectivity index (χ1v) is 14.6. The summed E-state index contributed by atoms with van der Waals surface area (Å²) in [7, 11) is -2.37. The van der Waals surface area contributed by atoms with Gasteiger partial charge < -0.3 is 20.7 Å². The molecule has 4 aromatic rings. The minimum atomic E-state index is -3.90. The molecule has 1 saturated heterocycles. The van der Waals surface area contributed by atoms with Gasteiger partial charge in [-0.2, -0.15) is 5.10 Å². The predicted octanol–water partition coefficient (Wildman–Crippen LogP) is 3.21. The minimum absolute atomic E-state index is 0. The van der Waals surface area contributed by atoms with Crippen molar-refractivity contribution in [3.63, 3.8) is 0 Å². The Hall–Kier alpha value is -2.87. The fourth-order valence-electron chi connectivity index (χ4n) is 4.34. The molecule has 0 bridgehead atoms. The first-order valence-electron chi connectivity index (χ1n) is 12.0. The Labute approximate surface area is 241 Å². The average molecular weight is 612 g/mol. The van der Waals surface area contributed by atoms with Gasteiger partial charge in [0.05, 0.1) is 34.9 Å². The molecule has 1 aliphatic heterocycles. The maximum Gasteiger partial charge on any atom is 0.272 e. The summed E-state index contributed by atoms with van der Waals surface area (Å²) in [5, 5.41) is 14.6. The zero-order valence-corrected chi connectivity index (χ0v) is 24.1. The van der Waals surface area contributed by atoms with Crippen LogP contribution in [0, 0.1) is 0 Å². The van der Waals surface area contributed by atoms with E-state index in [1.165, 1.54) is 19.2 Å². The molecule has 14 heteroatoms. The van der Waals surface area contributed by atoms with Crippen LogP contribution in [0.1, 0.15) is 11.1 Å². The summed E-state index contributed by atoms with van der Waals surface area (Å²) in [6, 6.07) is 16.0. The molecule has 2 aromatic carbocycles. The number of amides is 1. The minimum Gasteiger partial charge on any atom is -0.496 e. The molecule has 2 aromatic heterocycles. The lowest BCUT2D eigenvalue weighted by Crippen LogP contribution is -2.55. The largest absolute Gasteiger partial charge is 0.496 e. The highest BCUT2D eigenvalue weighted by atomic mass is 35.5. The van der Waals surface area contributed by atoms with E-state index in [0.717, 1.165) is 35.6 Å². The summed E-state index contributed by atoms with van der Waals surface area (Å²) in [6.45, 7) is 2.99. The fraction of sp³-hybridized carbons (Fsp3) is 0.280. The summed E-state index contributed by atoms with van der Waals surface area (Å²) >= 11 is 6.92. The number of fused-ring (bicyclic) bond motifs is 1. The van der Waals surface area contributed by atoms with Crippen molar-refractivity contribution in [2.75, 3.05) is 31.5 Å². The zero-order chi connectivity index (χ0) is 26.7. The number of piperazine rings is 1. The third-order valence-corrected chi connectivity index (χ3v) is 9.21. The van der Waals surface area contributed by atoms with Gasteiger partial charge in [0.25, 0.3) is 10.0 Å². The Morgan fingerprint density at radius 3 is 2.69 bits per heavy atom. The Kier molecular flexibility index (Phi) is 9.36. The number of carbonyl (C=O) groups excluding carboxylic acids is 1. The molecule has 1 atom stereocenters. The Morgan fingerprint density at radius 1 is 1.18 bits per heavy atom. The van der Waals surface area contributed by atoms with Gasteiger partial charge in [-0.05, 0) is 35.4 Å². The van der Waals surface area contributed by atoms with Gasteiger partial charge >= 0.3 is 0 Å². The number of aromatic nitrogens is 2. The number of halogens is 2. The summed E-state index contributed by atoms with van der Waals surface area (Å²) in [5.41, 5.74) is 2.60. The SMILES string of the molecule is COc1cccc2c1c(NS(=O)(=O)c1ccc(Cl)s1)nn2Cc1cccc(CNC(=O)C2CNCCN2)c1.Cl. The number of methoxy groups -OCH3 is 1. The molecule has 39 heavy (non-hydrogen) atoms. The Bertz CT molecular complexity index is 1570. The second kappa shape index (κ2) is 12.5. The first-order chi connectivity index (χ1) is 18.3. The fourth-order valence-corrected chi connectivity index (χ4v) is 6.83. The van der Waals surface area contributed by atoms with E-state index in [4.69, 9.17) is 16.3 Å². The number of nitrogens with zero attached hydrogens (tertiary/aromatic N) is 2. The molecule has 3 heterocycles. The normalized spacial score (nSPS) is 15.5. The van der Waals surface area contributed by atoms with E-state index < -0.39 is 10.0 Å². The molecule has 1 aliphatic rings. The van der Waals surface area contributed by atoms with Crippen LogP contribution in [0.5, 0.6) is 5.75 Å². The van der Waals surface area contributed by atoms with Crippen molar-refractivity contribution >= 4 is 68.0 Å². The first kappa shape index (κ1) is 29.1. The van der Waals surface area contributed by atoms with E-state index in [0.29, 0.717) is 40.6 Å². The van der Waals surface area contributed by atoms with Crippen molar-refractivity contribution in [2.24, 2.45) is 0 Å². The van der Waals surface area contributed by atoms with Crippen LogP contribution >= 0.6 is 35.3 Å². The molecule has 4 N–H and O–H groups in total. The predicted molar refractivity (Wildman–Crippen MR) is 156 cm³/mol. The van der Waals surface area contributed by atoms with Crippen LogP contribution in [0.3, 0.4) is 0 Å². The number of sulfonamides is 1. The Morgan fingerprint density at radius 2 is 1.97 bits per heavy atom. The van der Waals surface area contributed by atoms with Crippen molar-refractivity contribution in [1.82, 2.24) is 25.7 Å². The molecular weight excluding hydrogens is 583 g/mol. The quantitative estimate of drug-likeness (QED) is 0.229. The van der Waals surface area contributed by atoms with E-state index in [1.807, 2.05) is 36.4 Å². The van der Waals surface area contributed by atoms with Gasteiger partial charge in [-0.1, -0.05) is 41.9 Å². The zero-order valence-electron chi connectivity index (χ0n) is 20.9. The van der Waals surface area contributed by atoms with Crippen LogP contribution in [0.2, 0.25) is 4.34 Å². The standard InChI is InChI=1S/C25H27ClN6O4S2.ClH/c1-36-20-7-3-6-19-23(20)24(31-38(34,35)22-9-8-21(26)37-22)30-32(19)15-17-5-2-4-16(12-17)13-29-25(33)18-14-27-10-11-28-18;/h2-9,12,18,27-28H,10-11,13-15H2,1H3,(H,29,33)(H,30,31);1H. The van der Waals surface area contributed by atoms with Gasteiger partial charge in [0, 0.05) is 26.2 Å². The second-order valence-electron chi connectivity index (χ2n) is 8.77. The number of thiophene rings is 1. The number of rotatable bonds is 9. The van der Waals surface area contributed by atoms with Gasteiger partial charge in [-0.15, -0.1) is 23.7 Å². The number of ether oxygens (including phenoxy) is 1. The molecule has 0 saturated carbocycles. The van der Waals surface area contributed by atoms with Crippen molar-refractivity contribution in [2.45, 2.75) is 23.3 Å². The van der Waals surface area contributed by atoms with Crippen molar-refractivity contribution in [1.29, 1.82) is 0 Å². The lowest BCUT2D eigenvalue weighted by Gasteiger charge is -2.23. The summed E-state index contributed by atoms with van der Waals surface area (Å²) in [4.78, 5) is 12.5. The molecule has 208 valence electrons. The highest BCUT2D eigenvalue weighted by Crippen LogP contribution is 2.35. The number of anilines is 1. The van der Waals surface area contributed by atoms with Gasteiger partial charge in [-0.3, -0.25) is 14.2 Å². The molecule has 10 nitrogen and oxygen atoms in total. The van der Waals surface area contributed by atoms with Crippen molar-refractivity contribution in [3.8, 4) is 5.75 Å². The molecule has 0 radical (unpaired) electrons. The van der Waals surface area contributed by atoms with E-state index in [1.54, 1.807) is 10.7 Å². The van der Waals surface area contributed by atoms with Crippen LogP contribution in [0.15, 0.2) is 58.8 Å². The van der Waals surface area contributed by atoms with E-state index in [-0.39, 0.29) is 34.4 Å². The maximum atomic E-state index is 13.0. The van der Waals surface area contributed by atoms with Crippen LogP contribution in [0.25, 0.3) is 10.9 Å². The lowest BCUT2D eigenvalue weighted by atomic mass is 10.1. The summed E-state index contributed by atoms with van der Waals surface area (Å²) < 4.78 is 36.4. The third kappa shape index (κ3) is 6.65. The van der Waals surface area contributed by atoms with Crippen LogP contribution < -0.4 is 25.4 Å². The second-order valence-corrected chi connectivity index (χ2v) is 12.4. The number of hydrogen-bond donors (Lipinski definition) is 4. The molecule has 1 fully saturated rings. The number of carbonyl (C=O) groups is 1. The Balaban J connectivity index is 0.00000353. The monoisotopic (exact) mass is 610 g/mol. The highest BCUT2D eigenvalue weighted by molar-refractivity contribution is 7.94. The van der Waals surface area contributed by atoms with E-state index in [9.17, 15) is 13.2 Å². The number of hydrogen-bond acceptors (Lipinski definition) is 8. The molecule has 1 unspecified atom stereocenters. The van der Waals surface area contributed by atoms with Crippen LogP contribution in [0.4, 0.5) is 5.82 Å². The maximum absolute atomic E-state index is 13.0.